The van der Waals surface area contributed by atoms with Crippen LogP contribution in [0.3, 0.4) is 0 Å². The molecule has 0 amide bonds. The second-order valence-electron chi connectivity index (χ2n) is 4.75. The summed E-state index contributed by atoms with van der Waals surface area (Å²) in [7, 11) is 0. The molecule has 0 unspecified atom stereocenters. The highest BCUT2D eigenvalue weighted by Crippen LogP contribution is 2.35. The van der Waals surface area contributed by atoms with Crippen molar-refractivity contribution >= 4 is 0 Å². The molecule has 0 aliphatic heterocycles. The first-order chi connectivity index (χ1) is 6.99. The summed E-state index contributed by atoms with van der Waals surface area (Å²) in [4.78, 5) is 0. The maximum Gasteiger partial charge on any atom is 0.127 e. The molecule has 1 N–H and O–H groups in total. The van der Waals surface area contributed by atoms with Crippen LogP contribution in [0.2, 0.25) is 0 Å². The zero-order valence-electron chi connectivity index (χ0n) is 9.58. The Hall–Kier alpha value is -1.02. The fourth-order valence-corrected chi connectivity index (χ4v) is 1.82. The second-order valence-corrected chi connectivity index (χ2v) is 4.75. The topological polar surface area (TPSA) is 29.5 Å². The van der Waals surface area contributed by atoms with Gasteiger partial charge < -0.3 is 9.84 Å². The summed E-state index contributed by atoms with van der Waals surface area (Å²) in [5.74, 6) is 0.864. The molecule has 2 nitrogen and oxygen atoms in total. The fourth-order valence-electron chi connectivity index (χ4n) is 1.82. The van der Waals surface area contributed by atoms with Gasteiger partial charge in [0.05, 0.1) is 5.60 Å². The van der Waals surface area contributed by atoms with Crippen molar-refractivity contribution in [1.82, 2.24) is 0 Å². The predicted octanol–water partition coefficient (Wildman–Crippen LogP) is 2.60. The molecule has 0 heterocycles. The third-order valence-corrected chi connectivity index (χ3v) is 3.36. The largest absolute Gasteiger partial charge is 0.487 e. The Morgan fingerprint density at radius 2 is 2.07 bits per heavy atom. The van der Waals surface area contributed by atoms with E-state index >= 15 is 0 Å². The van der Waals surface area contributed by atoms with E-state index < -0.39 is 5.60 Å². The van der Waals surface area contributed by atoms with Gasteiger partial charge in [0.1, 0.15) is 11.9 Å². The Balaban J connectivity index is 2.08. The van der Waals surface area contributed by atoms with Crippen molar-refractivity contribution < 1.29 is 9.84 Å². The highest BCUT2D eigenvalue weighted by atomic mass is 16.5. The van der Waals surface area contributed by atoms with Crippen molar-refractivity contribution in [1.29, 1.82) is 0 Å². The smallest absolute Gasteiger partial charge is 0.127 e. The zero-order chi connectivity index (χ0) is 11.1. The average molecular weight is 206 g/mol. The standard InChI is InChI=1S/C13H18O2/c1-9-4-5-11(8-10(9)2)15-12-6-7-13(12,3)14/h4-5,8,12,14H,6-7H2,1-3H3/t12-,13-/m0/s1. The first kappa shape index (κ1) is 10.5. The van der Waals surface area contributed by atoms with Crippen LogP contribution in [0.25, 0.3) is 0 Å². The van der Waals surface area contributed by atoms with Crippen LogP contribution < -0.4 is 4.74 Å². The van der Waals surface area contributed by atoms with E-state index in [9.17, 15) is 5.11 Å². The highest BCUT2D eigenvalue weighted by molar-refractivity contribution is 5.34. The molecule has 2 atom stereocenters. The number of hydrogen-bond acceptors (Lipinski definition) is 2. The van der Waals surface area contributed by atoms with E-state index in [1.807, 2.05) is 19.1 Å². The Labute approximate surface area is 90.9 Å². The van der Waals surface area contributed by atoms with Gasteiger partial charge in [0.15, 0.2) is 0 Å². The number of aryl methyl sites for hydroxylation is 2. The van der Waals surface area contributed by atoms with Gasteiger partial charge in [-0.3, -0.25) is 0 Å². The van der Waals surface area contributed by atoms with Crippen LogP contribution in [0.5, 0.6) is 5.75 Å². The third kappa shape index (κ3) is 2.00. The van der Waals surface area contributed by atoms with Crippen LogP contribution in [-0.4, -0.2) is 16.8 Å². The third-order valence-electron chi connectivity index (χ3n) is 3.36. The maximum atomic E-state index is 9.83. The van der Waals surface area contributed by atoms with Gasteiger partial charge in [0, 0.05) is 0 Å². The van der Waals surface area contributed by atoms with Crippen LogP contribution in [0.15, 0.2) is 18.2 Å². The van der Waals surface area contributed by atoms with E-state index in [1.54, 1.807) is 0 Å². The summed E-state index contributed by atoms with van der Waals surface area (Å²) in [6.45, 7) is 5.99. The lowest BCUT2D eigenvalue weighted by Gasteiger charge is -2.42. The second kappa shape index (κ2) is 3.53. The van der Waals surface area contributed by atoms with Gasteiger partial charge in [-0.2, -0.15) is 0 Å². The Morgan fingerprint density at radius 3 is 2.53 bits per heavy atom. The van der Waals surface area contributed by atoms with Gasteiger partial charge in [-0.15, -0.1) is 0 Å². The van der Waals surface area contributed by atoms with Crippen molar-refractivity contribution in [3.63, 3.8) is 0 Å². The summed E-state index contributed by atoms with van der Waals surface area (Å²) in [6.07, 6.45) is 1.74. The monoisotopic (exact) mass is 206 g/mol. The molecule has 15 heavy (non-hydrogen) atoms. The van der Waals surface area contributed by atoms with Crippen molar-refractivity contribution in [2.45, 2.75) is 45.3 Å². The number of rotatable bonds is 2. The van der Waals surface area contributed by atoms with Gasteiger partial charge in [0.25, 0.3) is 0 Å². The zero-order valence-corrected chi connectivity index (χ0v) is 9.58. The molecule has 1 aliphatic carbocycles. The molecule has 1 aliphatic rings. The molecule has 0 saturated heterocycles. The van der Waals surface area contributed by atoms with E-state index in [4.69, 9.17) is 4.74 Å². The normalized spacial score (nSPS) is 29.7. The van der Waals surface area contributed by atoms with E-state index in [1.165, 1.54) is 11.1 Å². The first-order valence-electron chi connectivity index (χ1n) is 5.45. The van der Waals surface area contributed by atoms with Crippen LogP contribution in [0.4, 0.5) is 0 Å². The van der Waals surface area contributed by atoms with E-state index in [0.717, 1.165) is 18.6 Å². The molecule has 1 aromatic rings. The van der Waals surface area contributed by atoms with E-state index in [2.05, 4.69) is 19.9 Å². The van der Waals surface area contributed by atoms with Crippen molar-refractivity contribution in [3.05, 3.63) is 29.3 Å². The minimum atomic E-state index is -0.640. The molecule has 82 valence electrons. The molecular formula is C13H18O2. The van der Waals surface area contributed by atoms with E-state index in [0.29, 0.717) is 0 Å². The summed E-state index contributed by atoms with van der Waals surface area (Å²) in [5, 5.41) is 9.83. The molecule has 0 aromatic heterocycles. The number of ether oxygens (including phenoxy) is 1. The van der Waals surface area contributed by atoms with Crippen LogP contribution >= 0.6 is 0 Å². The quantitative estimate of drug-likeness (QED) is 0.806. The molecule has 1 saturated carbocycles. The van der Waals surface area contributed by atoms with Gasteiger partial charge in [-0.25, -0.2) is 0 Å². The molecule has 2 rings (SSSR count). The molecule has 2 heteroatoms. The lowest BCUT2D eigenvalue weighted by Crippen LogP contribution is -2.52. The fraction of sp³-hybridized carbons (Fsp3) is 0.538. The van der Waals surface area contributed by atoms with Crippen LogP contribution in [0, 0.1) is 13.8 Å². The Kier molecular flexibility index (Phi) is 2.47. The highest BCUT2D eigenvalue weighted by Gasteiger charge is 2.42. The number of hydrogen-bond donors (Lipinski definition) is 1. The molecule has 0 bridgehead atoms. The molecule has 1 aromatic carbocycles. The lowest BCUT2D eigenvalue weighted by molar-refractivity contribution is -0.118. The summed E-state index contributed by atoms with van der Waals surface area (Å²) >= 11 is 0. The van der Waals surface area contributed by atoms with Gasteiger partial charge in [-0.05, 0) is 56.9 Å². The first-order valence-corrected chi connectivity index (χ1v) is 5.45. The summed E-state index contributed by atoms with van der Waals surface area (Å²) < 4.78 is 5.75. The number of aliphatic hydroxyl groups is 1. The molecular weight excluding hydrogens is 188 g/mol. The number of benzene rings is 1. The van der Waals surface area contributed by atoms with Gasteiger partial charge in [-0.1, -0.05) is 6.07 Å². The minimum Gasteiger partial charge on any atom is -0.487 e. The summed E-state index contributed by atoms with van der Waals surface area (Å²) in [5.41, 5.74) is 1.85. The van der Waals surface area contributed by atoms with Crippen LogP contribution in [-0.2, 0) is 0 Å². The van der Waals surface area contributed by atoms with Crippen LogP contribution in [0.1, 0.15) is 30.9 Å². The SMILES string of the molecule is Cc1ccc(O[C@H]2CC[C@]2(C)O)cc1C. The Bertz CT molecular complexity index is 369. The van der Waals surface area contributed by atoms with Gasteiger partial charge in [0.2, 0.25) is 0 Å². The maximum absolute atomic E-state index is 9.83. The van der Waals surface area contributed by atoms with Crippen molar-refractivity contribution in [2.24, 2.45) is 0 Å². The lowest BCUT2D eigenvalue weighted by atomic mass is 9.78. The molecule has 0 spiro atoms. The van der Waals surface area contributed by atoms with Crippen molar-refractivity contribution in [3.8, 4) is 5.75 Å². The van der Waals surface area contributed by atoms with Crippen molar-refractivity contribution in [2.75, 3.05) is 0 Å². The van der Waals surface area contributed by atoms with E-state index in [-0.39, 0.29) is 6.10 Å². The molecule has 0 radical (unpaired) electrons. The molecule has 1 fully saturated rings. The summed E-state index contributed by atoms with van der Waals surface area (Å²) in [6, 6.07) is 6.05. The Morgan fingerprint density at radius 1 is 1.33 bits per heavy atom. The van der Waals surface area contributed by atoms with Gasteiger partial charge >= 0.3 is 0 Å². The predicted molar refractivity (Wildman–Crippen MR) is 60.2 cm³/mol. The minimum absolute atomic E-state index is 0.0420. The average Bonchev–Trinajstić information content (AvgIpc) is 2.18.